The molecule has 0 heterocycles. The molecule has 0 aliphatic carbocycles. The van der Waals surface area contributed by atoms with Crippen LogP contribution < -0.4 is 27.4 Å². The van der Waals surface area contributed by atoms with Crippen LogP contribution in [0.5, 0.6) is 0 Å². The molecule has 4 atom stereocenters. The number of nitrogens with one attached hydrogen (secondary N) is 3. The Labute approximate surface area is 191 Å². The summed E-state index contributed by atoms with van der Waals surface area (Å²) >= 11 is 0. The van der Waals surface area contributed by atoms with E-state index in [9.17, 15) is 29.1 Å². The summed E-state index contributed by atoms with van der Waals surface area (Å²) in [4.78, 5) is 60.5. The van der Waals surface area contributed by atoms with Crippen LogP contribution >= 0.6 is 0 Å². The summed E-state index contributed by atoms with van der Waals surface area (Å²) < 4.78 is 0. The molecule has 0 spiro atoms. The molecule has 0 radical (unpaired) electrons. The number of amides is 4. The first-order valence-electron chi connectivity index (χ1n) is 10.3. The third-order valence-electron chi connectivity index (χ3n) is 4.77. The summed E-state index contributed by atoms with van der Waals surface area (Å²) in [6, 6.07) is 3.34. The number of hydrogen-bond acceptors (Lipinski definition) is 7. The molecule has 0 aliphatic heterocycles. The molecule has 4 unspecified atom stereocenters. The molecule has 0 aliphatic rings. The molecule has 0 bridgehead atoms. The summed E-state index contributed by atoms with van der Waals surface area (Å²) in [7, 11) is 0. The van der Waals surface area contributed by atoms with E-state index in [0.29, 0.717) is 5.56 Å². The Kier molecular flexibility index (Phi) is 11.0. The highest BCUT2D eigenvalue weighted by Crippen LogP contribution is 2.06. The second-order valence-corrected chi connectivity index (χ2v) is 7.83. The third kappa shape index (κ3) is 9.25. The third-order valence-corrected chi connectivity index (χ3v) is 4.77. The molecule has 1 aromatic carbocycles. The van der Waals surface area contributed by atoms with Crippen molar-refractivity contribution in [1.82, 2.24) is 16.0 Å². The lowest BCUT2D eigenvalue weighted by Gasteiger charge is -2.25. The number of aliphatic hydroxyl groups excluding tert-OH is 1. The van der Waals surface area contributed by atoms with Crippen LogP contribution in [0.25, 0.3) is 0 Å². The van der Waals surface area contributed by atoms with Gasteiger partial charge in [-0.25, -0.2) is 4.79 Å². The number of carbonyl (C=O) groups is 5. The summed E-state index contributed by atoms with van der Waals surface area (Å²) in [5.41, 5.74) is 11.6. The van der Waals surface area contributed by atoms with Gasteiger partial charge in [0.05, 0.1) is 19.1 Å². The highest BCUT2D eigenvalue weighted by Gasteiger charge is 2.31. The van der Waals surface area contributed by atoms with Gasteiger partial charge < -0.3 is 37.6 Å². The van der Waals surface area contributed by atoms with E-state index in [1.54, 1.807) is 44.2 Å². The Balaban J connectivity index is 3.10. The van der Waals surface area contributed by atoms with E-state index in [2.05, 4.69) is 16.0 Å². The van der Waals surface area contributed by atoms with Crippen molar-refractivity contribution in [2.24, 2.45) is 17.4 Å². The molecule has 1 rings (SSSR count). The van der Waals surface area contributed by atoms with Crippen LogP contribution in [0.4, 0.5) is 0 Å². The Bertz CT molecular complexity index is 847. The van der Waals surface area contributed by atoms with Crippen LogP contribution in [0.2, 0.25) is 0 Å². The maximum Gasteiger partial charge on any atom is 0.328 e. The van der Waals surface area contributed by atoms with E-state index in [1.165, 1.54) is 0 Å². The predicted octanol–water partition coefficient (Wildman–Crippen LogP) is -2.38. The summed E-state index contributed by atoms with van der Waals surface area (Å²) in [5.74, 6) is -5.02. The van der Waals surface area contributed by atoms with Gasteiger partial charge >= 0.3 is 5.97 Å². The molecule has 0 fully saturated rings. The number of benzene rings is 1. The number of rotatable bonds is 13. The molecule has 33 heavy (non-hydrogen) atoms. The van der Waals surface area contributed by atoms with Gasteiger partial charge in [-0.2, -0.15) is 0 Å². The van der Waals surface area contributed by atoms with Gasteiger partial charge in [0, 0.05) is 6.42 Å². The predicted molar refractivity (Wildman–Crippen MR) is 117 cm³/mol. The van der Waals surface area contributed by atoms with Crippen LogP contribution in [-0.2, 0) is 30.4 Å². The highest BCUT2D eigenvalue weighted by molar-refractivity contribution is 5.96. The fourth-order valence-corrected chi connectivity index (χ4v) is 2.77. The maximum atomic E-state index is 12.9. The minimum atomic E-state index is -1.59. The number of nitrogens with two attached hydrogens (primary N) is 2. The van der Waals surface area contributed by atoms with Gasteiger partial charge in [-0.1, -0.05) is 44.2 Å². The fraction of sp³-hybridized carbons (Fsp3) is 0.476. The lowest BCUT2D eigenvalue weighted by atomic mass is 10.0. The number of primary amides is 1. The Morgan fingerprint density at radius 3 is 1.88 bits per heavy atom. The molecule has 0 saturated carbocycles. The minimum Gasteiger partial charge on any atom is -0.480 e. The molecule has 9 N–H and O–H groups in total. The van der Waals surface area contributed by atoms with Crippen LogP contribution in [0.1, 0.15) is 25.8 Å². The van der Waals surface area contributed by atoms with E-state index in [-0.39, 0.29) is 12.3 Å². The molecule has 12 heteroatoms. The second kappa shape index (κ2) is 13.1. The van der Waals surface area contributed by atoms with Crippen molar-refractivity contribution in [3.63, 3.8) is 0 Å². The fourth-order valence-electron chi connectivity index (χ4n) is 2.77. The zero-order valence-electron chi connectivity index (χ0n) is 18.5. The smallest absolute Gasteiger partial charge is 0.328 e. The SMILES string of the molecule is CC(C)C(N)C(=O)NC(CC(N)=O)C(=O)NC(Cc1ccccc1)C(=O)NC(CO)C(=O)O. The first-order chi connectivity index (χ1) is 15.5. The van der Waals surface area contributed by atoms with Gasteiger partial charge in [-0.15, -0.1) is 0 Å². The van der Waals surface area contributed by atoms with E-state index >= 15 is 0 Å². The summed E-state index contributed by atoms with van der Waals surface area (Å²) in [6.45, 7) is 2.54. The molecule has 0 aromatic heterocycles. The second-order valence-electron chi connectivity index (χ2n) is 7.83. The largest absolute Gasteiger partial charge is 0.480 e. The van der Waals surface area contributed by atoms with Crippen molar-refractivity contribution in [3.8, 4) is 0 Å². The normalized spacial score (nSPS) is 14.5. The van der Waals surface area contributed by atoms with Crippen molar-refractivity contribution in [2.45, 2.75) is 50.9 Å². The summed E-state index contributed by atoms with van der Waals surface area (Å²) in [6.07, 6.45) is -0.574. The summed E-state index contributed by atoms with van der Waals surface area (Å²) in [5, 5.41) is 25.2. The van der Waals surface area contributed by atoms with Gasteiger partial charge in [0.25, 0.3) is 0 Å². The Morgan fingerprint density at radius 1 is 0.879 bits per heavy atom. The highest BCUT2D eigenvalue weighted by atomic mass is 16.4. The van der Waals surface area contributed by atoms with Crippen LogP contribution in [-0.4, -0.2) is 70.6 Å². The van der Waals surface area contributed by atoms with Crippen LogP contribution in [0, 0.1) is 5.92 Å². The van der Waals surface area contributed by atoms with Crippen LogP contribution in [0.3, 0.4) is 0 Å². The number of hydrogen-bond donors (Lipinski definition) is 7. The number of carboxylic acid groups (broad SMARTS) is 1. The zero-order valence-corrected chi connectivity index (χ0v) is 18.5. The molecular weight excluding hydrogens is 434 g/mol. The van der Waals surface area contributed by atoms with Crippen molar-refractivity contribution < 1.29 is 34.2 Å². The Morgan fingerprint density at radius 2 is 1.39 bits per heavy atom. The molecule has 4 amide bonds. The number of carboxylic acids is 1. The van der Waals surface area contributed by atoms with Gasteiger partial charge in [0.15, 0.2) is 0 Å². The average molecular weight is 466 g/mol. The lowest BCUT2D eigenvalue weighted by Crippen LogP contribution is -2.58. The molecular formula is C21H31N5O7. The lowest BCUT2D eigenvalue weighted by molar-refractivity contribution is -0.143. The van der Waals surface area contributed by atoms with Gasteiger partial charge in [-0.3, -0.25) is 19.2 Å². The molecule has 182 valence electrons. The topological polar surface area (TPSA) is 214 Å². The Hall–Kier alpha value is -3.51. The minimum absolute atomic E-state index is 0.0288. The number of aliphatic carboxylic acids is 1. The molecule has 1 aromatic rings. The van der Waals surface area contributed by atoms with Crippen molar-refractivity contribution in [1.29, 1.82) is 0 Å². The first kappa shape index (κ1) is 27.5. The zero-order chi connectivity index (χ0) is 25.1. The number of aliphatic hydroxyl groups is 1. The van der Waals surface area contributed by atoms with E-state index in [1.807, 2.05) is 0 Å². The first-order valence-corrected chi connectivity index (χ1v) is 10.3. The van der Waals surface area contributed by atoms with Gasteiger partial charge in [-0.05, 0) is 11.5 Å². The van der Waals surface area contributed by atoms with Crippen molar-refractivity contribution in [2.75, 3.05) is 6.61 Å². The van der Waals surface area contributed by atoms with E-state index < -0.39 is 66.8 Å². The van der Waals surface area contributed by atoms with Gasteiger partial charge in [0.2, 0.25) is 23.6 Å². The van der Waals surface area contributed by atoms with E-state index in [4.69, 9.17) is 16.6 Å². The quantitative estimate of drug-likeness (QED) is 0.167. The van der Waals surface area contributed by atoms with Gasteiger partial charge in [0.1, 0.15) is 18.1 Å². The molecule has 12 nitrogen and oxygen atoms in total. The van der Waals surface area contributed by atoms with Crippen LogP contribution in [0.15, 0.2) is 30.3 Å². The van der Waals surface area contributed by atoms with Crippen molar-refractivity contribution in [3.05, 3.63) is 35.9 Å². The van der Waals surface area contributed by atoms with Crippen molar-refractivity contribution >= 4 is 29.6 Å². The molecule has 0 saturated heterocycles. The number of carbonyl (C=O) groups excluding carboxylic acids is 4. The standard InChI is InChI=1S/C21H31N5O7/c1-11(2)17(23)20(31)25-14(9-16(22)28)19(30)24-13(8-12-6-4-3-5-7-12)18(29)26-15(10-27)21(32)33/h3-7,11,13-15,17,27H,8-10,23H2,1-2H3,(H2,22,28)(H,24,30)(H,25,31)(H,26,29)(H,32,33). The maximum absolute atomic E-state index is 12.9. The monoisotopic (exact) mass is 465 g/mol. The van der Waals surface area contributed by atoms with E-state index in [0.717, 1.165) is 0 Å². The average Bonchev–Trinajstić information content (AvgIpc) is 2.75.